The molecule has 8 nitrogen and oxygen atoms in total. The predicted octanol–water partition coefficient (Wildman–Crippen LogP) is 1.00. The summed E-state index contributed by atoms with van der Waals surface area (Å²) in [6.45, 7) is 3.96. The van der Waals surface area contributed by atoms with Gasteiger partial charge in [-0.1, -0.05) is 0 Å². The van der Waals surface area contributed by atoms with Crippen molar-refractivity contribution in [2.24, 2.45) is 7.05 Å². The Labute approximate surface area is 140 Å². The van der Waals surface area contributed by atoms with Crippen LogP contribution in [-0.4, -0.2) is 56.3 Å². The standard InChI is InChI=1S/C16H22N6O2/c1-12-9-14(20-21(12)2)19-15(23)11-22-7-3-13(4-8-22)24-16-10-17-5-6-18-16/h5-6,9-10,13H,3-4,7-8,11H2,1-2H3,(H,19,20,23). The summed E-state index contributed by atoms with van der Waals surface area (Å²) in [6.07, 6.45) is 6.72. The number of nitrogens with zero attached hydrogens (tertiary/aromatic N) is 5. The number of ether oxygens (including phenoxy) is 1. The second-order valence-corrected chi connectivity index (χ2v) is 5.98. The number of likely N-dealkylation sites (tertiary alicyclic amines) is 1. The lowest BCUT2D eigenvalue weighted by atomic mass is 10.1. The number of carbonyl (C=O) groups is 1. The molecule has 1 aliphatic rings. The third-order valence-electron chi connectivity index (χ3n) is 4.11. The summed E-state index contributed by atoms with van der Waals surface area (Å²) in [6, 6.07) is 1.86. The lowest BCUT2D eigenvalue weighted by Gasteiger charge is -2.31. The lowest BCUT2D eigenvalue weighted by Crippen LogP contribution is -2.42. The molecule has 1 fully saturated rings. The first-order valence-corrected chi connectivity index (χ1v) is 8.05. The number of aryl methyl sites for hydroxylation is 2. The predicted molar refractivity (Wildman–Crippen MR) is 88.7 cm³/mol. The quantitative estimate of drug-likeness (QED) is 0.880. The molecule has 0 aromatic carbocycles. The fourth-order valence-electron chi connectivity index (χ4n) is 2.71. The van der Waals surface area contributed by atoms with Crippen molar-refractivity contribution in [2.45, 2.75) is 25.9 Å². The zero-order valence-corrected chi connectivity index (χ0v) is 14.0. The normalized spacial score (nSPS) is 16.1. The van der Waals surface area contributed by atoms with Crippen LogP contribution in [0.1, 0.15) is 18.5 Å². The molecule has 3 heterocycles. The third-order valence-corrected chi connectivity index (χ3v) is 4.11. The zero-order chi connectivity index (χ0) is 16.9. The molecule has 3 rings (SSSR count). The van der Waals surface area contributed by atoms with Gasteiger partial charge in [-0.2, -0.15) is 5.10 Å². The molecule has 1 aliphatic heterocycles. The number of piperidine rings is 1. The molecule has 24 heavy (non-hydrogen) atoms. The fraction of sp³-hybridized carbons (Fsp3) is 0.500. The number of carbonyl (C=O) groups excluding carboxylic acids is 1. The van der Waals surface area contributed by atoms with E-state index in [1.807, 2.05) is 20.0 Å². The van der Waals surface area contributed by atoms with Crippen molar-refractivity contribution in [3.05, 3.63) is 30.4 Å². The van der Waals surface area contributed by atoms with Crippen molar-refractivity contribution in [3.63, 3.8) is 0 Å². The van der Waals surface area contributed by atoms with Crippen LogP contribution in [0.3, 0.4) is 0 Å². The van der Waals surface area contributed by atoms with Crippen LogP contribution in [0.4, 0.5) is 5.82 Å². The van der Waals surface area contributed by atoms with Crippen molar-refractivity contribution in [3.8, 4) is 5.88 Å². The van der Waals surface area contributed by atoms with Gasteiger partial charge in [0.15, 0.2) is 5.82 Å². The van der Waals surface area contributed by atoms with Gasteiger partial charge in [0.1, 0.15) is 6.10 Å². The van der Waals surface area contributed by atoms with Crippen molar-refractivity contribution in [2.75, 3.05) is 25.0 Å². The monoisotopic (exact) mass is 330 g/mol. The van der Waals surface area contributed by atoms with E-state index >= 15 is 0 Å². The Morgan fingerprint density at radius 2 is 2.17 bits per heavy atom. The number of rotatable bonds is 5. The average Bonchev–Trinajstić information content (AvgIpc) is 2.88. The number of amides is 1. The Kier molecular flexibility index (Phi) is 5.05. The molecule has 2 aromatic rings. The molecule has 0 aliphatic carbocycles. The van der Waals surface area contributed by atoms with E-state index in [2.05, 4.69) is 25.3 Å². The van der Waals surface area contributed by atoms with Gasteiger partial charge in [-0.25, -0.2) is 4.98 Å². The first-order valence-electron chi connectivity index (χ1n) is 8.05. The molecule has 0 radical (unpaired) electrons. The lowest BCUT2D eigenvalue weighted by molar-refractivity contribution is -0.117. The van der Waals surface area contributed by atoms with Gasteiger partial charge in [-0.15, -0.1) is 0 Å². The van der Waals surface area contributed by atoms with Gasteiger partial charge >= 0.3 is 0 Å². The van der Waals surface area contributed by atoms with Crippen molar-refractivity contribution in [1.82, 2.24) is 24.6 Å². The van der Waals surface area contributed by atoms with Gasteiger partial charge < -0.3 is 10.1 Å². The smallest absolute Gasteiger partial charge is 0.239 e. The molecule has 2 aromatic heterocycles. The second kappa shape index (κ2) is 7.39. The molecular weight excluding hydrogens is 308 g/mol. The van der Waals surface area contributed by atoms with Gasteiger partial charge in [0.2, 0.25) is 11.8 Å². The summed E-state index contributed by atoms with van der Waals surface area (Å²) >= 11 is 0. The second-order valence-electron chi connectivity index (χ2n) is 5.98. The van der Waals surface area contributed by atoms with Crippen LogP contribution in [0.2, 0.25) is 0 Å². The molecule has 8 heteroatoms. The van der Waals surface area contributed by atoms with Crippen LogP contribution in [-0.2, 0) is 11.8 Å². The molecule has 1 amide bonds. The van der Waals surface area contributed by atoms with Gasteiger partial charge in [0.25, 0.3) is 0 Å². The zero-order valence-electron chi connectivity index (χ0n) is 14.0. The van der Waals surface area contributed by atoms with Crippen molar-refractivity contribution >= 4 is 11.7 Å². The minimum absolute atomic E-state index is 0.0404. The molecule has 128 valence electrons. The minimum Gasteiger partial charge on any atom is -0.473 e. The van der Waals surface area contributed by atoms with E-state index in [-0.39, 0.29) is 12.0 Å². The average molecular weight is 330 g/mol. The van der Waals surface area contributed by atoms with Crippen LogP contribution < -0.4 is 10.1 Å². The number of anilines is 1. The summed E-state index contributed by atoms with van der Waals surface area (Å²) in [5, 5.41) is 7.08. The fourth-order valence-corrected chi connectivity index (χ4v) is 2.71. The van der Waals surface area contributed by atoms with E-state index in [4.69, 9.17) is 4.74 Å². The number of hydrogen-bond donors (Lipinski definition) is 1. The third kappa shape index (κ3) is 4.29. The van der Waals surface area contributed by atoms with E-state index in [0.29, 0.717) is 18.2 Å². The van der Waals surface area contributed by atoms with E-state index in [1.54, 1.807) is 23.3 Å². The molecule has 0 unspecified atom stereocenters. The summed E-state index contributed by atoms with van der Waals surface area (Å²) in [4.78, 5) is 22.4. The highest BCUT2D eigenvalue weighted by atomic mass is 16.5. The van der Waals surface area contributed by atoms with Crippen LogP contribution in [0.15, 0.2) is 24.7 Å². The summed E-state index contributed by atoms with van der Waals surface area (Å²) < 4.78 is 7.55. The molecule has 0 atom stereocenters. The molecule has 0 spiro atoms. The van der Waals surface area contributed by atoms with Gasteiger partial charge in [-0.05, 0) is 19.8 Å². The molecule has 1 saturated heterocycles. The molecule has 0 bridgehead atoms. The maximum absolute atomic E-state index is 12.1. The minimum atomic E-state index is -0.0404. The first kappa shape index (κ1) is 16.4. The maximum Gasteiger partial charge on any atom is 0.239 e. The Morgan fingerprint density at radius 1 is 1.38 bits per heavy atom. The van der Waals surface area contributed by atoms with Crippen LogP contribution in [0.25, 0.3) is 0 Å². The summed E-state index contributed by atoms with van der Waals surface area (Å²) in [7, 11) is 1.85. The maximum atomic E-state index is 12.1. The van der Waals surface area contributed by atoms with E-state index in [1.165, 1.54) is 0 Å². The highest BCUT2D eigenvalue weighted by Gasteiger charge is 2.22. The highest BCUT2D eigenvalue weighted by molar-refractivity contribution is 5.91. The SMILES string of the molecule is Cc1cc(NC(=O)CN2CCC(Oc3cnccn3)CC2)nn1C. The summed E-state index contributed by atoms with van der Waals surface area (Å²) in [5.74, 6) is 1.11. The van der Waals surface area contributed by atoms with E-state index < -0.39 is 0 Å². The number of hydrogen-bond acceptors (Lipinski definition) is 6. The van der Waals surface area contributed by atoms with Crippen molar-refractivity contribution in [1.29, 1.82) is 0 Å². The number of nitrogens with one attached hydrogen (secondary N) is 1. The Hall–Kier alpha value is -2.48. The van der Waals surface area contributed by atoms with Gasteiger partial charge in [0.05, 0.1) is 12.7 Å². The van der Waals surface area contributed by atoms with E-state index in [0.717, 1.165) is 31.6 Å². The van der Waals surface area contributed by atoms with Crippen LogP contribution >= 0.6 is 0 Å². The topological polar surface area (TPSA) is 85.2 Å². The molecular formula is C16H22N6O2. The van der Waals surface area contributed by atoms with Crippen LogP contribution in [0, 0.1) is 6.92 Å². The van der Waals surface area contributed by atoms with Gasteiger partial charge in [0, 0.05) is 44.3 Å². The van der Waals surface area contributed by atoms with Gasteiger partial charge in [-0.3, -0.25) is 19.4 Å². The highest BCUT2D eigenvalue weighted by Crippen LogP contribution is 2.16. The molecule has 1 N–H and O–H groups in total. The first-order chi connectivity index (χ1) is 11.6. The van der Waals surface area contributed by atoms with Crippen LogP contribution in [0.5, 0.6) is 5.88 Å². The Bertz CT molecular complexity index is 660. The Morgan fingerprint density at radius 3 is 2.79 bits per heavy atom. The largest absolute Gasteiger partial charge is 0.473 e. The van der Waals surface area contributed by atoms with Crippen molar-refractivity contribution < 1.29 is 9.53 Å². The van der Waals surface area contributed by atoms with E-state index in [9.17, 15) is 4.79 Å². The Balaban J connectivity index is 1.42. The number of aromatic nitrogens is 4. The molecule has 0 saturated carbocycles. The summed E-state index contributed by atoms with van der Waals surface area (Å²) in [5.41, 5.74) is 1.01.